The standard InChI is InChI=1S/C13H18FN3O3.ClH/c14-10-1-2-11(13(9-10)17(19)20)12(3-8-18)16-6-4-15-5-7-16;/h1-2,9,12,15,18H,3-8H2;1H/t12-;/m1./s1. The molecular formula is C13H19ClFN3O3. The highest BCUT2D eigenvalue weighted by Gasteiger charge is 2.28. The number of nitro benzene ring substituents is 1. The van der Waals surface area contributed by atoms with Gasteiger partial charge < -0.3 is 10.4 Å². The monoisotopic (exact) mass is 319 g/mol. The number of halogens is 2. The number of rotatable bonds is 5. The highest BCUT2D eigenvalue weighted by atomic mass is 35.5. The maximum atomic E-state index is 13.2. The molecular weight excluding hydrogens is 301 g/mol. The van der Waals surface area contributed by atoms with E-state index in [2.05, 4.69) is 10.2 Å². The minimum absolute atomic E-state index is 0. The van der Waals surface area contributed by atoms with Gasteiger partial charge in [0.2, 0.25) is 0 Å². The number of nitrogens with one attached hydrogen (secondary N) is 1. The molecule has 21 heavy (non-hydrogen) atoms. The van der Waals surface area contributed by atoms with Crippen LogP contribution in [-0.4, -0.2) is 47.7 Å². The lowest BCUT2D eigenvalue weighted by molar-refractivity contribution is -0.386. The molecule has 0 bridgehead atoms. The zero-order chi connectivity index (χ0) is 14.5. The van der Waals surface area contributed by atoms with E-state index in [1.165, 1.54) is 12.1 Å². The summed E-state index contributed by atoms with van der Waals surface area (Å²) in [7, 11) is 0. The quantitative estimate of drug-likeness (QED) is 0.635. The molecule has 0 unspecified atom stereocenters. The lowest BCUT2D eigenvalue weighted by atomic mass is 9.99. The van der Waals surface area contributed by atoms with Gasteiger partial charge in [-0.05, 0) is 18.6 Å². The minimum atomic E-state index is -0.622. The highest BCUT2D eigenvalue weighted by molar-refractivity contribution is 5.85. The molecule has 0 saturated carbocycles. The van der Waals surface area contributed by atoms with Crippen molar-refractivity contribution in [2.75, 3.05) is 32.8 Å². The molecule has 0 aromatic heterocycles. The first-order chi connectivity index (χ1) is 9.63. The Morgan fingerprint density at radius 3 is 2.67 bits per heavy atom. The third-order valence-corrected chi connectivity index (χ3v) is 3.54. The summed E-state index contributed by atoms with van der Waals surface area (Å²) in [4.78, 5) is 12.6. The predicted octanol–water partition coefficient (Wildman–Crippen LogP) is 1.48. The van der Waals surface area contributed by atoms with Crippen molar-refractivity contribution in [2.24, 2.45) is 0 Å². The second-order valence-corrected chi connectivity index (χ2v) is 4.77. The summed E-state index contributed by atoms with van der Waals surface area (Å²) in [6, 6.07) is 3.37. The molecule has 1 aromatic rings. The van der Waals surface area contributed by atoms with E-state index >= 15 is 0 Å². The fourth-order valence-electron chi connectivity index (χ4n) is 2.61. The maximum absolute atomic E-state index is 13.2. The topological polar surface area (TPSA) is 78.6 Å². The molecule has 1 saturated heterocycles. The van der Waals surface area contributed by atoms with E-state index in [0.29, 0.717) is 12.0 Å². The number of nitro groups is 1. The van der Waals surface area contributed by atoms with Crippen molar-refractivity contribution in [3.63, 3.8) is 0 Å². The average molecular weight is 320 g/mol. The summed E-state index contributed by atoms with van der Waals surface area (Å²) in [5.41, 5.74) is 0.245. The Kier molecular flexibility index (Phi) is 6.97. The van der Waals surface area contributed by atoms with Crippen LogP contribution in [0.2, 0.25) is 0 Å². The van der Waals surface area contributed by atoms with E-state index in [-0.39, 0.29) is 30.7 Å². The van der Waals surface area contributed by atoms with Crippen molar-refractivity contribution in [1.82, 2.24) is 10.2 Å². The Morgan fingerprint density at radius 2 is 2.10 bits per heavy atom. The molecule has 1 fully saturated rings. The third kappa shape index (κ3) is 4.34. The van der Waals surface area contributed by atoms with Crippen LogP contribution in [0.25, 0.3) is 0 Å². The molecule has 0 spiro atoms. The molecule has 8 heteroatoms. The minimum Gasteiger partial charge on any atom is -0.396 e. The molecule has 1 aliphatic rings. The Balaban J connectivity index is 0.00000220. The molecule has 2 N–H and O–H groups in total. The number of hydrogen-bond acceptors (Lipinski definition) is 5. The number of hydrogen-bond donors (Lipinski definition) is 2. The van der Waals surface area contributed by atoms with E-state index in [9.17, 15) is 19.6 Å². The molecule has 1 aliphatic heterocycles. The van der Waals surface area contributed by atoms with Gasteiger partial charge in [0.25, 0.3) is 5.69 Å². The van der Waals surface area contributed by atoms with Crippen molar-refractivity contribution >= 4 is 18.1 Å². The van der Waals surface area contributed by atoms with Crippen LogP contribution in [0.15, 0.2) is 18.2 Å². The Hall–Kier alpha value is -1.28. The van der Waals surface area contributed by atoms with Crippen molar-refractivity contribution in [3.05, 3.63) is 39.7 Å². The number of benzene rings is 1. The van der Waals surface area contributed by atoms with E-state index in [4.69, 9.17) is 0 Å². The highest BCUT2D eigenvalue weighted by Crippen LogP contribution is 2.32. The summed E-state index contributed by atoms with van der Waals surface area (Å²) in [5.74, 6) is -0.622. The van der Waals surface area contributed by atoms with Gasteiger partial charge in [-0.1, -0.05) is 0 Å². The first kappa shape index (κ1) is 17.8. The largest absolute Gasteiger partial charge is 0.396 e. The molecule has 1 atom stereocenters. The number of aliphatic hydroxyl groups excluding tert-OH is 1. The fourth-order valence-corrected chi connectivity index (χ4v) is 2.61. The lowest BCUT2D eigenvalue weighted by Gasteiger charge is -2.34. The van der Waals surface area contributed by atoms with Gasteiger partial charge in [-0.15, -0.1) is 12.4 Å². The summed E-state index contributed by atoms with van der Waals surface area (Å²) in [6.07, 6.45) is 0.395. The van der Waals surface area contributed by atoms with Crippen LogP contribution in [-0.2, 0) is 0 Å². The molecule has 6 nitrogen and oxygen atoms in total. The van der Waals surface area contributed by atoms with Crippen LogP contribution in [0.4, 0.5) is 10.1 Å². The van der Waals surface area contributed by atoms with Gasteiger partial charge in [-0.3, -0.25) is 15.0 Å². The van der Waals surface area contributed by atoms with Crippen LogP contribution in [0, 0.1) is 15.9 Å². The van der Waals surface area contributed by atoms with Crippen LogP contribution < -0.4 is 5.32 Å². The van der Waals surface area contributed by atoms with Gasteiger partial charge >= 0.3 is 0 Å². The van der Waals surface area contributed by atoms with Gasteiger partial charge in [-0.25, -0.2) is 4.39 Å². The number of aliphatic hydroxyl groups is 1. The maximum Gasteiger partial charge on any atom is 0.277 e. The SMILES string of the molecule is Cl.O=[N+]([O-])c1cc(F)ccc1[C@@H](CCO)N1CCNCC1. The molecule has 0 radical (unpaired) electrons. The van der Waals surface area contributed by atoms with E-state index < -0.39 is 10.7 Å². The smallest absolute Gasteiger partial charge is 0.277 e. The van der Waals surface area contributed by atoms with Crippen LogP contribution in [0.5, 0.6) is 0 Å². The van der Waals surface area contributed by atoms with Crippen LogP contribution in [0.1, 0.15) is 18.0 Å². The molecule has 2 rings (SSSR count). The van der Waals surface area contributed by atoms with Crippen molar-refractivity contribution in [2.45, 2.75) is 12.5 Å². The number of nitrogens with zero attached hydrogens (tertiary/aromatic N) is 2. The van der Waals surface area contributed by atoms with Gasteiger partial charge in [0.15, 0.2) is 0 Å². The molecule has 1 heterocycles. The second kappa shape index (κ2) is 8.23. The van der Waals surface area contributed by atoms with Crippen LogP contribution >= 0.6 is 12.4 Å². The zero-order valence-electron chi connectivity index (χ0n) is 11.5. The van der Waals surface area contributed by atoms with E-state index in [1.807, 2.05) is 0 Å². The first-order valence-corrected chi connectivity index (χ1v) is 6.63. The van der Waals surface area contributed by atoms with Gasteiger partial charge in [0.05, 0.1) is 11.0 Å². The van der Waals surface area contributed by atoms with Gasteiger partial charge in [0.1, 0.15) is 5.82 Å². The van der Waals surface area contributed by atoms with E-state index in [1.54, 1.807) is 0 Å². The Bertz CT molecular complexity index is 484. The first-order valence-electron chi connectivity index (χ1n) is 6.63. The van der Waals surface area contributed by atoms with E-state index in [0.717, 1.165) is 32.2 Å². The third-order valence-electron chi connectivity index (χ3n) is 3.54. The summed E-state index contributed by atoms with van der Waals surface area (Å²) < 4.78 is 13.2. The molecule has 0 aliphatic carbocycles. The Labute approximate surface area is 128 Å². The lowest BCUT2D eigenvalue weighted by Crippen LogP contribution is -2.45. The zero-order valence-corrected chi connectivity index (χ0v) is 12.3. The molecule has 118 valence electrons. The Morgan fingerprint density at radius 1 is 1.43 bits per heavy atom. The van der Waals surface area contributed by atoms with Gasteiger partial charge in [0, 0.05) is 44.4 Å². The van der Waals surface area contributed by atoms with Crippen molar-refractivity contribution in [3.8, 4) is 0 Å². The average Bonchev–Trinajstić information content (AvgIpc) is 2.46. The molecule has 0 amide bonds. The normalized spacial score (nSPS) is 17.0. The summed E-state index contributed by atoms with van der Waals surface area (Å²) in [6.45, 7) is 3.04. The van der Waals surface area contributed by atoms with Crippen molar-refractivity contribution in [1.29, 1.82) is 0 Å². The second-order valence-electron chi connectivity index (χ2n) is 4.77. The summed E-state index contributed by atoms with van der Waals surface area (Å²) >= 11 is 0. The molecule has 1 aromatic carbocycles. The predicted molar refractivity (Wildman–Crippen MR) is 79.2 cm³/mol. The van der Waals surface area contributed by atoms with Crippen molar-refractivity contribution < 1.29 is 14.4 Å². The fraction of sp³-hybridized carbons (Fsp3) is 0.538. The number of piperazine rings is 1. The van der Waals surface area contributed by atoms with Gasteiger partial charge in [-0.2, -0.15) is 0 Å². The van der Waals surface area contributed by atoms with Crippen LogP contribution in [0.3, 0.4) is 0 Å². The summed E-state index contributed by atoms with van der Waals surface area (Å²) in [5, 5.41) is 23.5.